The highest BCUT2D eigenvalue weighted by atomic mass is 32.1. The number of aromatic nitrogens is 2. The van der Waals surface area contributed by atoms with Crippen molar-refractivity contribution in [3.63, 3.8) is 0 Å². The topological polar surface area (TPSA) is 75.3 Å². The quantitative estimate of drug-likeness (QED) is 0.904. The monoisotopic (exact) mass is 324 g/mol. The second kappa shape index (κ2) is 6.29. The molecule has 3 heterocycles. The molecule has 1 saturated heterocycles. The van der Waals surface area contributed by atoms with Crippen LogP contribution in [0.15, 0.2) is 5.38 Å². The van der Waals surface area contributed by atoms with E-state index < -0.39 is 0 Å². The molecule has 2 aromatic heterocycles. The van der Waals surface area contributed by atoms with E-state index in [-0.39, 0.29) is 6.61 Å². The van der Waals surface area contributed by atoms with Crippen LogP contribution in [0.1, 0.15) is 24.3 Å². The summed E-state index contributed by atoms with van der Waals surface area (Å²) in [6.45, 7) is 4.27. The van der Waals surface area contributed by atoms with Crippen LogP contribution in [0.3, 0.4) is 0 Å². The largest absolute Gasteiger partial charge is 0.396 e. The SMILES string of the molecule is Cc1nc(-c2c(N)nsc2N2CCCC(CCO)C2)cs1. The number of nitrogens with two attached hydrogens (primary N) is 1. The highest BCUT2D eigenvalue weighted by molar-refractivity contribution is 7.11. The Morgan fingerprint density at radius 3 is 3.10 bits per heavy atom. The van der Waals surface area contributed by atoms with Gasteiger partial charge in [-0.2, -0.15) is 4.37 Å². The molecule has 0 spiro atoms. The first-order valence-electron chi connectivity index (χ1n) is 7.22. The minimum absolute atomic E-state index is 0.265. The lowest BCUT2D eigenvalue weighted by Crippen LogP contribution is -2.35. The fraction of sp³-hybridized carbons (Fsp3) is 0.571. The van der Waals surface area contributed by atoms with Gasteiger partial charge in [-0.15, -0.1) is 11.3 Å². The van der Waals surface area contributed by atoms with Crippen molar-refractivity contribution >= 4 is 33.7 Å². The first kappa shape index (κ1) is 14.7. The molecule has 0 aliphatic carbocycles. The average Bonchev–Trinajstić information content (AvgIpc) is 3.05. The molecule has 1 unspecified atom stereocenters. The summed E-state index contributed by atoms with van der Waals surface area (Å²) in [5.74, 6) is 1.13. The third-order valence-corrected chi connectivity index (χ3v) is 5.62. The number of hydrogen-bond donors (Lipinski definition) is 2. The van der Waals surface area contributed by atoms with Gasteiger partial charge < -0.3 is 15.7 Å². The molecule has 0 saturated carbocycles. The summed E-state index contributed by atoms with van der Waals surface area (Å²) in [4.78, 5) is 6.93. The Morgan fingerprint density at radius 2 is 2.38 bits per heavy atom. The number of aryl methyl sites for hydroxylation is 1. The highest BCUT2D eigenvalue weighted by Crippen LogP contribution is 2.41. The van der Waals surface area contributed by atoms with Crippen molar-refractivity contribution in [3.05, 3.63) is 10.4 Å². The van der Waals surface area contributed by atoms with Crippen molar-refractivity contribution < 1.29 is 5.11 Å². The second-order valence-electron chi connectivity index (χ2n) is 5.47. The number of nitrogens with zero attached hydrogens (tertiary/aromatic N) is 3. The summed E-state index contributed by atoms with van der Waals surface area (Å²) in [7, 11) is 0. The first-order valence-corrected chi connectivity index (χ1v) is 8.87. The molecule has 7 heteroatoms. The fourth-order valence-electron chi connectivity index (χ4n) is 2.90. The molecule has 1 aliphatic heterocycles. The molecule has 3 N–H and O–H groups in total. The molecule has 5 nitrogen and oxygen atoms in total. The van der Waals surface area contributed by atoms with Gasteiger partial charge in [0.15, 0.2) is 0 Å². The van der Waals surface area contributed by atoms with Crippen LogP contribution in [-0.2, 0) is 0 Å². The normalized spacial score (nSPS) is 19.1. The van der Waals surface area contributed by atoms with Crippen LogP contribution in [-0.4, -0.2) is 34.2 Å². The van der Waals surface area contributed by atoms with Crippen molar-refractivity contribution in [3.8, 4) is 11.3 Å². The van der Waals surface area contributed by atoms with Crippen molar-refractivity contribution in [1.29, 1.82) is 0 Å². The van der Waals surface area contributed by atoms with Crippen LogP contribution >= 0.6 is 22.9 Å². The lowest BCUT2D eigenvalue weighted by Gasteiger charge is -2.33. The van der Waals surface area contributed by atoms with Crippen molar-refractivity contribution in [2.75, 3.05) is 30.3 Å². The minimum Gasteiger partial charge on any atom is -0.396 e. The Kier molecular flexibility index (Phi) is 4.42. The van der Waals surface area contributed by atoms with Crippen LogP contribution in [0.5, 0.6) is 0 Å². The molecule has 0 radical (unpaired) electrons. The van der Waals surface area contributed by atoms with Gasteiger partial charge in [0.1, 0.15) is 10.8 Å². The summed E-state index contributed by atoms with van der Waals surface area (Å²) in [6.07, 6.45) is 3.21. The van der Waals surface area contributed by atoms with Gasteiger partial charge in [-0.3, -0.25) is 0 Å². The molecule has 0 aromatic carbocycles. The summed E-state index contributed by atoms with van der Waals surface area (Å²) in [5, 5.41) is 13.4. The lowest BCUT2D eigenvalue weighted by molar-refractivity contribution is 0.244. The maximum atomic E-state index is 9.16. The van der Waals surface area contributed by atoms with Crippen LogP contribution < -0.4 is 10.6 Å². The number of anilines is 2. The van der Waals surface area contributed by atoms with E-state index in [0.29, 0.717) is 11.7 Å². The van der Waals surface area contributed by atoms with Gasteiger partial charge in [0.2, 0.25) is 0 Å². The maximum absolute atomic E-state index is 9.16. The van der Waals surface area contributed by atoms with Crippen molar-refractivity contribution in [2.24, 2.45) is 5.92 Å². The van der Waals surface area contributed by atoms with Gasteiger partial charge >= 0.3 is 0 Å². The molecule has 1 fully saturated rings. The molecular weight excluding hydrogens is 304 g/mol. The predicted molar refractivity (Wildman–Crippen MR) is 89.0 cm³/mol. The standard InChI is InChI=1S/C14H20N4OS2/c1-9-16-11(8-20-9)12-13(15)17-21-14(12)18-5-2-3-10(7-18)4-6-19/h8,10,19H,2-7H2,1H3,(H2,15,17). The number of rotatable bonds is 4. The summed E-state index contributed by atoms with van der Waals surface area (Å²) >= 11 is 3.09. The Labute approximate surface area is 132 Å². The van der Waals surface area contributed by atoms with E-state index in [1.165, 1.54) is 18.0 Å². The molecule has 21 heavy (non-hydrogen) atoms. The molecule has 0 bridgehead atoms. The lowest BCUT2D eigenvalue weighted by atomic mass is 9.95. The summed E-state index contributed by atoms with van der Waals surface area (Å²) in [5.41, 5.74) is 7.99. The smallest absolute Gasteiger partial charge is 0.148 e. The Bertz CT molecular complexity index is 608. The van der Waals surface area contributed by atoms with Gasteiger partial charge in [-0.1, -0.05) is 0 Å². The number of aliphatic hydroxyl groups is 1. The average molecular weight is 324 g/mol. The van der Waals surface area contributed by atoms with Crippen molar-refractivity contribution in [2.45, 2.75) is 26.2 Å². The van der Waals surface area contributed by atoms with E-state index in [1.807, 2.05) is 12.3 Å². The molecule has 1 aliphatic rings. The van der Waals surface area contributed by atoms with Crippen molar-refractivity contribution in [1.82, 2.24) is 9.36 Å². The first-order chi connectivity index (χ1) is 10.2. The van der Waals surface area contributed by atoms with Gasteiger partial charge in [0.05, 0.1) is 16.3 Å². The van der Waals surface area contributed by atoms with E-state index in [2.05, 4.69) is 14.3 Å². The van der Waals surface area contributed by atoms with Gasteiger partial charge in [-0.05, 0) is 43.6 Å². The molecule has 1 atom stereocenters. The summed E-state index contributed by atoms with van der Waals surface area (Å²) < 4.78 is 4.34. The highest BCUT2D eigenvalue weighted by Gasteiger charge is 2.26. The fourth-order valence-corrected chi connectivity index (χ4v) is 4.36. The number of piperidine rings is 1. The zero-order valence-corrected chi connectivity index (χ0v) is 13.7. The van der Waals surface area contributed by atoms with Gasteiger partial charge in [-0.25, -0.2) is 4.98 Å². The minimum atomic E-state index is 0.265. The zero-order chi connectivity index (χ0) is 14.8. The van der Waals surface area contributed by atoms with Crippen LogP contribution in [0, 0.1) is 12.8 Å². The van der Waals surface area contributed by atoms with Crippen LogP contribution in [0.2, 0.25) is 0 Å². The van der Waals surface area contributed by atoms with Gasteiger partial charge in [0, 0.05) is 25.1 Å². The number of nitrogen functional groups attached to an aromatic ring is 1. The van der Waals surface area contributed by atoms with Gasteiger partial charge in [0.25, 0.3) is 0 Å². The number of aliphatic hydroxyl groups excluding tert-OH is 1. The maximum Gasteiger partial charge on any atom is 0.148 e. The number of hydrogen-bond acceptors (Lipinski definition) is 7. The number of thiazole rings is 1. The molecular formula is C14H20N4OS2. The van der Waals surface area contributed by atoms with E-state index >= 15 is 0 Å². The molecule has 3 rings (SSSR count). The molecule has 0 amide bonds. The second-order valence-corrected chi connectivity index (χ2v) is 7.28. The Hall–Kier alpha value is -1.18. The van der Waals surface area contributed by atoms with E-state index in [1.54, 1.807) is 11.3 Å². The van der Waals surface area contributed by atoms with E-state index in [9.17, 15) is 0 Å². The van der Waals surface area contributed by atoms with E-state index in [4.69, 9.17) is 10.8 Å². The third kappa shape index (κ3) is 3.04. The third-order valence-electron chi connectivity index (χ3n) is 3.92. The van der Waals surface area contributed by atoms with Crippen LogP contribution in [0.25, 0.3) is 11.3 Å². The summed E-state index contributed by atoms with van der Waals surface area (Å²) in [6, 6.07) is 0. The zero-order valence-electron chi connectivity index (χ0n) is 12.1. The molecule has 2 aromatic rings. The predicted octanol–water partition coefficient (Wildman–Crippen LogP) is 2.76. The Morgan fingerprint density at radius 1 is 1.52 bits per heavy atom. The Balaban J connectivity index is 1.89. The van der Waals surface area contributed by atoms with E-state index in [0.717, 1.165) is 47.2 Å². The molecule has 114 valence electrons. The van der Waals surface area contributed by atoms with Crippen LogP contribution in [0.4, 0.5) is 10.8 Å².